The second-order valence-electron chi connectivity index (χ2n) is 4.25. The van der Waals surface area contributed by atoms with Gasteiger partial charge in [-0.05, 0) is 5.92 Å². The molecule has 1 aromatic heterocycles. The van der Waals surface area contributed by atoms with Crippen molar-refractivity contribution in [3.8, 4) is 0 Å². The highest BCUT2D eigenvalue weighted by atomic mass is 35.5. The predicted molar refractivity (Wildman–Crippen MR) is 73.0 cm³/mol. The molecule has 0 atom stereocenters. The van der Waals surface area contributed by atoms with Crippen molar-refractivity contribution in [1.29, 1.82) is 0 Å². The summed E-state index contributed by atoms with van der Waals surface area (Å²) in [5, 5.41) is 13.6. The molecule has 2 N–H and O–H groups in total. The fourth-order valence-corrected chi connectivity index (χ4v) is 1.50. The first-order chi connectivity index (χ1) is 8.49. The Balaban J connectivity index is 2.33. The molecule has 1 amide bonds. The summed E-state index contributed by atoms with van der Waals surface area (Å²) < 4.78 is 0. The first-order valence-electron chi connectivity index (χ1n) is 5.68. The van der Waals surface area contributed by atoms with E-state index in [0.717, 1.165) is 0 Å². The van der Waals surface area contributed by atoms with Crippen LogP contribution >= 0.6 is 23.2 Å². The summed E-state index contributed by atoms with van der Waals surface area (Å²) in [7, 11) is 0. The molecule has 1 aromatic rings. The Labute approximate surface area is 116 Å². The third kappa shape index (κ3) is 5.51. The monoisotopic (exact) mass is 290 g/mol. The van der Waals surface area contributed by atoms with E-state index in [1.807, 2.05) is 13.8 Å². The van der Waals surface area contributed by atoms with E-state index in [9.17, 15) is 4.79 Å². The molecule has 100 valence electrons. The van der Waals surface area contributed by atoms with Crippen LogP contribution in [0.25, 0.3) is 0 Å². The molecular weight excluding hydrogens is 275 g/mol. The average molecular weight is 291 g/mol. The highest BCUT2D eigenvalue weighted by molar-refractivity contribution is 6.33. The number of rotatable bonds is 6. The van der Waals surface area contributed by atoms with Crippen LogP contribution in [0.2, 0.25) is 10.3 Å². The lowest BCUT2D eigenvalue weighted by Crippen LogP contribution is -2.28. The molecule has 0 saturated heterocycles. The maximum atomic E-state index is 11.5. The first kappa shape index (κ1) is 15.0. The van der Waals surface area contributed by atoms with Gasteiger partial charge in [0.25, 0.3) is 0 Å². The number of hydrogen-bond donors (Lipinski definition) is 2. The van der Waals surface area contributed by atoms with Crippen LogP contribution in [-0.2, 0) is 4.79 Å². The van der Waals surface area contributed by atoms with Gasteiger partial charge in [0.2, 0.25) is 5.91 Å². The predicted octanol–water partition coefficient (Wildman–Crippen LogP) is 2.36. The van der Waals surface area contributed by atoms with E-state index in [-0.39, 0.29) is 16.2 Å². The summed E-state index contributed by atoms with van der Waals surface area (Å²) in [5.41, 5.74) is 0.577. The molecule has 0 aliphatic carbocycles. The number of anilines is 1. The van der Waals surface area contributed by atoms with E-state index in [1.165, 1.54) is 0 Å². The lowest BCUT2D eigenvalue weighted by Gasteiger charge is -2.09. The zero-order valence-corrected chi connectivity index (χ0v) is 11.8. The Bertz CT molecular complexity index is 412. The topological polar surface area (TPSA) is 66.9 Å². The number of hydrogen-bond acceptors (Lipinski definition) is 4. The molecule has 1 rings (SSSR count). The third-order valence-corrected chi connectivity index (χ3v) is 2.56. The number of carbonyl (C=O) groups is 1. The Morgan fingerprint density at radius 2 is 2.11 bits per heavy atom. The Morgan fingerprint density at radius 3 is 2.78 bits per heavy atom. The minimum atomic E-state index is 0.000402. The molecule has 0 unspecified atom stereocenters. The van der Waals surface area contributed by atoms with Crippen molar-refractivity contribution >= 4 is 34.8 Å². The van der Waals surface area contributed by atoms with Gasteiger partial charge in [-0.2, -0.15) is 0 Å². The fourth-order valence-electron chi connectivity index (χ4n) is 1.19. The number of nitrogens with one attached hydrogen (secondary N) is 2. The molecule has 1 heterocycles. The van der Waals surface area contributed by atoms with Gasteiger partial charge < -0.3 is 10.6 Å². The summed E-state index contributed by atoms with van der Waals surface area (Å²) in [4.78, 5) is 11.5. The summed E-state index contributed by atoms with van der Waals surface area (Å²) in [6.45, 7) is 5.24. The van der Waals surface area contributed by atoms with Crippen LogP contribution in [0.15, 0.2) is 6.07 Å². The van der Waals surface area contributed by atoms with Crippen molar-refractivity contribution in [2.24, 2.45) is 5.92 Å². The zero-order valence-electron chi connectivity index (χ0n) is 10.3. The highest BCUT2D eigenvalue weighted by Crippen LogP contribution is 2.20. The second-order valence-corrected chi connectivity index (χ2v) is 4.99. The maximum absolute atomic E-state index is 11.5. The molecule has 0 saturated carbocycles. The minimum Gasteiger partial charge on any atom is -0.382 e. The van der Waals surface area contributed by atoms with Gasteiger partial charge in [-0.1, -0.05) is 37.0 Å². The summed E-state index contributed by atoms with van der Waals surface area (Å²) in [5.74, 6) is 0.444. The third-order valence-electron chi connectivity index (χ3n) is 2.09. The van der Waals surface area contributed by atoms with Crippen molar-refractivity contribution in [1.82, 2.24) is 15.5 Å². The van der Waals surface area contributed by atoms with E-state index in [2.05, 4.69) is 20.8 Å². The normalized spacial score (nSPS) is 10.5. The summed E-state index contributed by atoms with van der Waals surface area (Å²) >= 11 is 11.5. The lowest BCUT2D eigenvalue weighted by atomic mass is 10.2. The number of carbonyl (C=O) groups excluding carboxylic acids is 1. The van der Waals surface area contributed by atoms with E-state index in [1.54, 1.807) is 6.07 Å². The van der Waals surface area contributed by atoms with Gasteiger partial charge >= 0.3 is 0 Å². The fraction of sp³-hybridized carbons (Fsp3) is 0.545. The standard InChI is InChI=1S/C11H16Cl2N4O/c1-7(2)6-15-10(18)3-4-14-8-5-9(12)16-17-11(8)13/h5,7H,3-4,6H2,1-2H3,(H,14,16)(H,15,18). The van der Waals surface area contributed by atoms with Crippen molar-refractivity contribution in [3.63, 3.8) is 0 Å². The van der Waals surface area contributed by atoms with E-state index in [4.69, 9.17) is 23.2 Å². The van der Waals surface area contributed by atoms with Crippen LogP contribution in [0.4, 0.5) is 5.69 Å². The van der Waals surface area contributed by atoms with E-state index in [0.29, 0.717) is 31.1 Å². The van der Waals surface area contributed by atoms with Crippen LogP contribution in [-0.4, -0.2) is 29.2 Å². The Hall–Kier alpha value is -1.07. The van der Waals surface area contributed by atoms with Crippen molar-refractivity contribution in [2.45, 2.75) is 20.3 Å². The smallest absolute Gasteiger partial charge is 0.221 e. The Kier molecular flexibility index (Phi) is 6.15. The van der Waals surface area contributed by atoms with Crippen LogP contribution in [0.3, 0.4) is 0 Å². The molecule has 0 aliphatic rings. The van der Waals surface area contributed by atoms with Crippen molar-refractivity contribution < 1.29 is 4.79 Å². The molecule has 18 heavy (non-hydrogen) atoms. The molecule has 0 fully saturated rings. The van der Waals surface area contributed by atoms with Gasteiger partial charge in [0.05, 0.1) is 5.69 Å². The van der Waals surface area contributed by atoms with Crippen molar-refractivity contribution in [3.05, 3.63) is 16.4 Å². The quantitative estimate of drug-likeness (QED) is 0.844. The van der Waals surface area contributed by atoms with Crippen LogP contribution < -0.4 is 10.6 Å². The minimum absolute atomic E-state index is 0.000402. The lowest BCUT2D eigenvalue weighted by molar-refractivity contribution is -0.120. The zero-order chi connectivity index (χ0) is 13.5. The molecule has 0 aliphatic heterocycles. The number of halogens is 2. The molecule has 5 nitrogen and oxygen atoms in total. The molecule has 0 bridgehead atoms. The number of nitrogens with zero attached hydrogens (tertiary/aromatic N) is 2. The van der Waals surface area contributed by atoms with Gasteiger partial charge in [0.1, 0.15) is 0 Å². The number of aromatic nitrogens is 2. The second kappa shape index (κ2) is 7.38. The molecule has 0 spiro atoms. The van der Waals surface area contributed by atoms with Gasteiger partial charge in [0.15, 0.2) is 10.3 Å². The largest absolute Gasteiger partial charge is 0.382 e. The molecule has 0 aromatic carbocycles. The van der Waals surface area contributed by atoms with Crippen molar-refractivity contribution in [2.75, 3.05) is 18.4 Å². The Morgan fingerprint density at radius 1 is 1.39 bits per heavy atom. The van der Waals surface area contributed by atoms with Gasteiger partial charge in [-0.15, -0.1) is 10.2 Å². The van der Waals surface area contributed by atoms with Crippen LogP contribution in [0.1, 0.15) is 20.3 Å². The van der Waals surface area contributed by atoms with Gasteiger partial charge in [-0.3, -0.25) is 4.79 Å². The molecular formula is C11H16Cl2N4O. The number of amides is 1. The summed E-state index contributed by atoms with van der Waals surface area (Å²) in [6.07, 6.45) is 0.364. The van der Waals surface area contributed by atoms with E-state index < -0.39 is 0 Å². The maximum Gasteiger partial charge on any atom is 0.221 e. The SMILES string of the molecule is CC(C)CNC(=O)CCNc1cc(Cl)nnc1Cl. The first-order valence-corrected chi connectivity index (χ1v) is 6.44. The molecule has 7 heteroatoms. The van der Waals surface area contributed by atoms with Gasteiger partial charge in [-0.25, -0.2) is 0 Å². The summed E-state index contributed by atoms with van der Waals surface area (Å²) in [6, 6.07) is 1.57. The van der Waals surface area contributed by atoms with Gasteiger partial charge in [0, 0.05) is 25.6 Å². The van der Waals surface area contributed by atoms with Crippen LogP contribution in [0.5, 0.6) is 0 Å². The van der Waals surface area contributed by atoms with Crippen LogP contribution in [0, 0.1) is 5.92 Å². The highest BCUT2D eigenvalue weighted by Gasteiger charge is 2.05. The molecule has 0 radical (unpaired) electrons. The van der Waals surface area contributed by atoms with E-state index >= 15 is 0 Å². The average Bonchev–Trinajstić information content (AvgIpc) is 2.31.